The fourth-order valence-corrected chi connectivity index (χ4v) is 4.12. The number of hydrogen-bond donors (Lipinski definition) is 1. The minimum absolute atomic E-state index is 0.349. The van der Waals surface area contributed by atoms with E-state index >= 15 is 0 Å². The fraction of sp³-hybridized carbons (Fsp3) is 0.400. The first kappa shape index (κ1) is 16.8. The number of H-pyrrole nitrogens is 1. The van der Waals surface area contributed by atoms with Gasteiger partial charge >= 0.3 is 0 Å². The first-order valence-corrected chi connectivity index (χ1v) is 9.54. The number of nitrogens with zero attached hydrogens (tertiary/aromatic N) is 6. The maximum Gasteiger partial charge on any atom is 0.142 e. The van der Waals surface area contributed by atoms with Crippen LogP contribution in [0.25, 0.3) is 11.0 Å². The summed E-state index contributed by atoms with van der Waals surface area (Å²) >= 11 is 0. The number of fused-ring (bicyclic) bond motifs is 1. The van der Waals surface area contributed by atoms with Crippen molar-refractivity contribution >= 4 is 22.7 Å². The van der Waals surface area contributed by atoms with E-state index in [0.717, 1.165) is 42.2 Å². The maximum atomic E-state index is 9.24. The molecule has 8 heteroatoms. The Morgan fingerprint density at radius 2 is 2.14 bits per heavy atom. The van der Waals surface area contributed by atoms with Crippen LogP contribution in [0.4, 0.5) is 11.6 Å². The predicted molar refractivity (Wildman–Crippen MR) is 106 cm³/mol. The number of rotatable bonds is 5. The highest BCUT2D eigenvalue weighted by Gasteiger charge is 2.39. The zero-order valence-electron chi connectivity index (χ0n) is 15.7. The zero-order chi connectivity index (χ0) is 19.1. The summed E-state index contributed by atoms with van der Waals surface area (Å²) in [5.74, 6) is 2.45. The number of nitriles is 1. The smallest absolute Gasteiger partial charge is 0.142 e. The monoisotopic (exact) mass is 375 g/mol. The molecule has 1 aliphatic heterocycles. The van der Waals surface area contributed by atoms with Gasteiger partial charge < -0.3 is 19.5 Å². The van der Waals surface area contributed by atoms with Gasteiger partial charge in [0.05, 0.1) is 18.7 Å². The second kappa shape index (κ2) is 6.68. The maximum absolute atomic E-state index is 9.24. The SMILES string of the molecule is COc1cc(N(C2CC2)[C@@H]2CCN(c3ncnc4[nH]ccc34)C2)ncc1C#N. The van der Waals surface area contributed by atoms with Crippen LogP contribution < -0.4 is 14.5 Å². The summed E-state index contributed by atoms with van der Waals surface area (Å²) < 4.78 is 5.40. The van der Waals surface area contributed by atoms with Crippen LogP contribution in [0, 0.1) is 11.3 Å². The van der Waals surface area contributed by atoms with Gasteiger partial charge in [-0.1, -0.05) is 0 Å². The van der Waals surface area contributed by atoms with Crippen LogP contribution in [0.3, 0.4) is 0 Å². The molecule has 1 saturated carbocycles. The average molecular weight is 375 g/mol. The van der Waals surface area contributed by atoms with E-state index < -0.39 is 0 Å². The molecule has 5 rings (SSSR count). The summed E-state index contributed by atoms with van der Waals surface area (Å²) in [7, 11) is 1.59. The number of hydrogen-bond acceptors (Lipinski definition) is 7. The van der Waals surface area contributed by atoms with Crippen LogP contribution in [-0.4, -0.2) is 52.2 Å². The van der Waals surface area contributed by atoms with Gasteiger partial charge in [0.25, 0.3) is 0 Å². The first-order chi connectivity index (χ1) is 13.8. The van der Waals surface area contributed by atoms with E-state index in [9.17, 15) is 5.26 Å². The van der Waals surface area contributed by atoms with Crippen molar-refractivity contribution in [3.05, 3.63) is 36.4 Å². The summed E-state index contributed by atoms with van der Waals surface area (Å²) in [5.41, 5.74) is 1.33. The van der Waals surface area contributed by atoms with Crippen molar-refractivity contribution < 1.29 is 4.74 Å². The summed E-state index contributed by atoms with van der Waals surface area (Å²) in [6.45, 7) is 1.83. The van der Waals surface area contributed by atoms with Gasteiger partial charge in [0.15, 0.2) is 0 Å². The second-order valence-electron chi connectivity index (χ2n) is 7.32. The zero-order valence-corrected chi connectivity index (χ0v) is 15.7. The van der Waals surface area contributed by atoms with Gasteiger partial charge in [-0.05, 0) is 25.3 Å². The fourth-order valence-electron chi connectivity index (χ4n) is 4.12. The number of ether oxygens (including phenoxy) is 1. The molecule has 4 heterocycles. The summed E-state index contributed by atoms with van der Waals surface area (Å²) in [4.78, 5) is 21.3. The molecule has 0 aromatic carbocycles. The van der Waals surface area contributed by atoms with Crippen molar-refractivity contribution in [2.24, 2.45) is 0 Å². The molecule has 1 atom stereocenters. The highest BCUT2D eigenvalue weighted by molar-refractivity contribution is 5.87. The molecule has 0 amide bonds. The first-order valence-electron chi connectivity index (χ1n) is 9.54. The van der Waals surface area contributed by atoms with Crippen molar-refractivity contribution in [2.75, 3.05) is 30.0 Å². The van der Waals surface area contributed by atoms with Crippen LogP contribution in [0.2, 0.25) is 0 Å². The standard InChI is InChI=1S/C20H21N7O/c1-28-17-8-18(23-10-13(17)9-21)27(14-2-3-14)15-5-7-26(11-15)20-16-4-6-22-19(16)24-12-25-20/h4,6,8,10,12,14-15H,2-3,5,7,11H2,1H3,(H,22,24,25)/t15-/m1/s1. The van der Waals surface area contributed by atoms with Crippen LogP contribution in [0.1, 0.15) is 24.8 Å². The Bertz CT molecular complexity index is 1050. The van der Waals surface area contributed by atoms with E-state index in [4.69, 9.17) is 4.74 Å². The van der Waals surface area contributed by atoms with Gasteiger partial charge in [-0.3, -0.25) is 0 Å². The Kier molecular flexibility index (Phi) is 4.01. The molecule has 1 N–H and O–H groups in total. The molecule has 2 fully saturated rings. The summed E-state index contributed by atoms with van der Waals surface area (Å²) in [5, 5.41) is 10.3. The topological polar surface area (TPSA) is 94.0 Å². The molecule has 1 aliphatic carbocycles. The second-order valence-corrected chi connectivity index (χ2v) is 7.32. The van der Waals surface area contributed by atoms with E-state index in [1.807, 2.05) is 18.3 Å². The van der Waals surface area contributed by atoms with Crippen molar-refractivity contribution in [3.8, 4) is 11.8 Å². The van der Waals surface area contributed by atoms with E-state index in [2.05, 4.69) is 35.8 Å². The lowest BCUT2D eigenvalue weighted by Gasteiger charge is -2.30. The van der Waals surface area contributed by atoms with E-state index in [1.54, 1.807) is 19.6 Å². The highest BCUT2D eigenvalue weighted by atomic mass is 16.5. The highest BCUT2D eigenvalue weighted by Crippen LogP contribution is 2.37. The number of anilines is 2. The third kappa shape index (κ3) is 2.80. The van der Waals surface area contributed by atoms with E-state index in [-0.39, 0.29) is 0 Å². The molecule has 0 bridgehead atoms. The quantitative estimate of drug-likeness (QED) is 0.732. The van der Waals surface area contributed by atoms with Gasteiger partial charge in [-0.2, -0.15) is 5.26 Å². The minimum Gasteiger partial charge on any atom is -0.495 e. The average Bonchev–Trinajstić information content (AvgIpc) is 3.24. The molecule has 1 saturated heterocycles. The Hall–Kier alpha value is -3.34. The number of pyridine rings is 1. The lowest BCUT2D eigenvalue weighted by Crippen LogP contribution is -2.40. The largest absolute Gasteiger partial charge is 0.495 e. The normalized spacial score (nSPS) is 19.0. The third-order valence-corrected chi connectivity index (χ3v) is 5.59. The van der Waals surface area contributed by atoms with Crippen LogP contribution in [0.15, 0.2) is 30.9 Å². The molecule has 2 aliphatic rings. The Morgan fingerprint density at radius 3 is 2.93 bits per heavy atom. The third-order valence-electron chi connectivity index (χ3n) is 5.59. The molecule has 3 aromatic rings. The summed E-state index contributed by atoms with van der Waals surface area (Å²) in [6.07, 6.45) is 8.53. The lowest BCUT2D eigenvalue weighted by atomic mass is 10.2. The lowest BCUT2D eigenvalue weighted by molar-refractivity contribution is 0.412. The molecule has 28 heavy (non-hydrogen) atoms. The Balaban J connectivity index is 1.43. The predicted octanol–water partition coefficient (Wildman–Crippen LogP) is 2.48. The van der Waals surface area contributed by atoms with Gasteiger partial charge in [0.1, 0.15) is 41.0 Å². The van der Waals surface area contributed by atoms with Crippen LogP contribution >= 0.6 is 0 Å². The minimum atomic E-state index is 0.349. The van der Waals surface area contributed by atoms with Crippen molar-refractivity contribution in [2.45, 2.75) is 31.3 Å². The molecule has 0 radical (unpaired) electrons. The van der Waals surface area contributed by atoms with Crippen molar-refractivity contribution in [1.29, 1.82) is 5.26 Å². The molecule has 142 valence electrons. The van der Waals surface area contributed by atoms with Crippen LogP contribution in [-0.2, 0) is 0 Å². The Morgan fingerprint density at radius 1 is 1.25 bits per heavy atom. The Labute approximate surface area is 162 Å². The van der Waals surface area contributed by atoms with Gasteiger partial charge in [-0.15, -0.1) is 0 Å². The van der Waals surface area contributed by atoms with Gasteiger partial charge in [-0.25, -0.2) is 15.0 Å². The molecular formula is C20H21N7O. The number of methoxy groups -OCH3 is 1. The van der Waals surface area contributed by atoms with Crippen molar-refractivity contribution in [1.82, 2.24) is 19.9 Å². The van der Waals surface area contributed by atoms with E-state index in [1.165, 1.54) is 12.8 Å². The van der Waals surface area contributed by atoms with E-state index in [0.29, 0.717) is 23.4 Å². The van der Waals surface area contributed by atoms with Crippen molar-refractivity contribution in [3.63, 3.8) is 0 Å². The summed E-state index contributed by atoms with van der Waals surface area (Å²) in [6, 6.07) is 6.92. The molecule has 0 unspecified atom stereocenters. The number of aromatic nitrogens is 4. The number of nitrogens with one attached hydrogen (secondary N) is 1. The van der Waals surface area contributed by atoms with Gasteiger partial charge in [0.2, 0.25) is 0 Å². The van der Waals surface area contributed by atoms with Crippen LogP contribution in [0.5, 0.6) is 5.75 Å². The van der Waals surface area contributed by atoms with Gasteiger partial charge in [0, 0.05) is 37.4 Å². The molecule has 0 spiro atoms. The molecule has 3 aromatic heterocycles. The molecule has 8 nitrogen and oxygen atoms in total. The number of aromatic amines is 1. The molecular weight excluding hydrogens is 354 g/mol.